The van der Waals surface area contributed by atoms with Crippen LogP contribution in [0.25, 0.3) is 0 Å². The average Bonchev–Trinajstić information content (AvgIpc) is 3.01. The lowest BCUT2D eigenvalue weighted by Gasteiger charge is -2.25. The maximum absolute atomic E-state index is 10.2. The molecule has 0 bridgehead atoms. The van der Waals surface area contributed by atoms with Crippen LogP contribution in [0, 0.1) is 0 Å². The minimum absolute atomic E-state index is 0.277. The van der Waals surface area contributed by atoms with Crippen molar-refractivity contribution in [2.45, 2.75) is 43.9 Å². The van der Waals surface area contributed by atoms with Gasteiger partial charge in [0, 0.05) is 0 Å². The van der Waals surface area contributed by atoms with Crippen LogP contribution in [0.4, 0.5) is 0 Å². The van der Waals surface area contributed by atoms with Crippen molar-refractivity contribution in [3.63, 3.8) is 0 Å². The third kappa shape index (κ3) is 4.67. The van der Waals surface area contributed by atoms with Crippen LogP contribution >= 0.6 is 0 Å². The highest BCUT2D eigenvalue weighted by molar-refractivity contribution is 5.14. The second-order valence-electron chi connectivity index (χ2n) is 6.26. The number of aliphatic hydroxyl groups is 3. The molecule has 6 nitrogen and oxygen atoms in total. The van der Waals surface area contributed by atoms with Gasteiger partial charge in [-0.3, -0.25) is 0 Å². The Morgan fingerprint density at radius 1 is 0.846 bits per heavy atom. The number of rotatable bonds is 8. The Labute approximate surface area is 152 Å². The normalized spacial score (nSPS) is 26.7. The molecule has 1 fully saturated rings. The fraction of sp³-hybridized carbons (Fsp3) is 0.400. The van der Waals surface area contributed by atoms with E-state index in [1.165, 1.54) is 0 Å². The molecule has 0 aliphatic carbocycles. The highest BCUT2D eigenvalue weighted by atomic mass is 16.7. The van der Waals surface area contributed by atoms with Crippen molar-refractivity contribution in [3.05, 3.63) is 71.8 Å². The van der Waals surface area contributed by atoms with Gasteiger partial charge in [-0.1, -0.05) is 60.7 Å². The number of hydrogen-bond donors (Lipinski definition) is 3. The van der Waals surface area contributed by atoms with Crippen molar-refractivity contribution in [1.82, 2.24) is 0 Å². The van der Waals surface area contributed by atoms with Crippen LogP contribution in [0.3, 0.4) is 0 Å². The summed E-state index contributed by atoms with van der Waals surface area (Å²) in [5, 5.41) is 29.5. The summed E-state index contributed by atoms with van der Waals surface area (Å²) in [6.45, 7) is 0.0640. The molecule has 2 aromatic rings. The van der Waals surface area contributed by atoms with Crippen molar-refractivity contribution in [1.29, 1.82) is 0 Å². The molecule has 1 aliphatic rings. The molecule has 0 spiro atoms. The monoisotopic (exact) mass is 360 g/mol. The number of aliphatic hydroxyl groups excluding tert-OH is 3. The number of ether oxygens (including phenoxy) is 3. The Kier molecular flexibility index (Phi) is 6.73. The molecule has 26 heavy (non-hydrogen) atoms. The van der Waals surface area contributed by atoms with Gasteiger partial charge in [-0.05, 0) is 11.1 Å². The second kappa shape index (κ2) is 9.23. The molecule has 1 heterocycles. The summed E-state index contributed by atoms with van der Waals surface area (Å²) in [7, 11) is 0. The summed E-state index contributed by atoms with van der Waals surface area (Å²) < 4.78 is 17.2. The molecule has 3 N–H and O–H groups in total. The molecular formula is C20H24O6. The summed E-state index contributed by atoms with van der Waals surface area (Å²) in [6.07, 6.45) is -4.78. The zero-order valence-corrected chi connectivity index (χ0v) is 14.3. The van der Waals surface area contributed by atoms with Gasteiger partial charge in [0.25, 0.3) is 0 Å². The van der Waals surface area contributed by atoms with Gasteiger partial charge in [-0.15, -0.1) is 0 Å². The Balaban J connectivity index is 1.69. The third-order valence-corrected chi connectivity index (χ3v) is 4.36. The first-order valence-corrected chi connectivity index (χ1v) is 8.62. The van der Waals surface area contributed by atoms with Crippen LogP contribution < -0.4 is 0 Å². The average molecular weight is 360 g/mol. The van der Waals surface area contributed by atoms with E-state index in [4.69, 9.17) is 14.2 Å². The van der Waals surface area contributed by atoms with Crippen molar-refractivity contribution in [2.75, 3.05) is 6.61 Å². The molecule has 0 saturated carbocycles. The number of hydrogen-bond acceptors (Lipinski definition) is 6. The first-order chi connectivity index (χ1) is 12.7. The summed E-state index contributed by atoms with van der Waals surface area (Å²) >= 11 is 0. The van der Waals surface area contributed by atoms with Gasteiger partial charge < -0.3 is 29.5 Å². The predicted octanol–water partition coefficient (Wildman–Crippen LogP) is 1.23. The Morgan fingerprint density at radius 3 is 1.85 bits per heavy atom. The van der Waals surface area contributed by atoms with Crippen LogP contribution in [0.2, 0.25) is 0 Å². The highest BCUT2D eigenvalue weighted by Crippen LogP contribution is 2.29. The molecule has 6 heteroatoms. The van der Waals surface area contributed by atoms with E-state index < -0.39 is 37.3 Å². The molecule has 0 aromatic heterocycles. The van der Waals surface area contributed by atoms with Gasteiger partial charge in [0.1, 0.15) is 24.4 Å². The van der Waals surface area contributed by atoms with Crippen LogP contribution in [-0.2, 0) is 27.4 Å². The summed E-state index contributed by atoms with van der Waals surface area (Å²) in [6, 6.07) is 19.1. The van der Waals surface area contributed by atoms with Gasteiger partial charge in [-0.2, -0.15) is 0 Å². The van der Waals surface area contributed by atoms with Gasteiger partial charge in [-0.25, -0.2) is 0 Å². The van der Waals surface area contributed by atoms with Gasteiger partial charge >= 0.3 is 0 Å². The Morgan fingerprint density at radius 2 is 1.35 bits per heavy atom. The molecule has 0 radical (unpaired) electrons. The van der Waals surface area contributed by atoms with Crippen molar-refractivity contribution < 1.29 is 29.5 Å². The third-order valence-electron chi connectivity index (χ3n) is 4.36. The number of benzene rings is 2. The first kappa shape index (κ1) is 19.0. The van der Waals surface area contributed by atoms with E-state index in [-0.39, 0.29) is 13.2 Å². The molecule has 5 atom stereocenters. The van der Waals surface area contributed by atoms with E-state index in [0.717, 1.165) is 11.1 Å². The molecule has 2 aromatic carbocycles. The van der Waals surface area contributed by atoms with E-state index in [0.29, 0.717) is 0 Å². The predicted molar refractivity (Wildman–Crippen MR) is 94.0 cm³/mol. The second-order valence-corrected chi connectivity index (χ2v) is 6.26. The van der Waals surface area contributed by atoms with E-state index in [1.54, 1.807) is 0 Å². The molecule has 140 valence electrons. The largest absolute Gasteiger partial charge is 0.394 e. The van der Waals surface area contributed by atoms with Crippen LogP contribution in [0.5, 0.6) is 0 Å². The minimum atomic E-state index is -1.24. The zero-order chi connectivity index (χ0) is 18.4. The van der Waals surface area contributed by atoms with E-state index in [2.05, 4.69) is 0 Å². The summed E-state index contributed by atoms with van der Waals surface area (Å²) in [5.41, 5.74) is 1.90. The van der Waals surface area contributed by atoms with Gasteiger partial charge in [0.15, 0.2) is 6.29 Å². The zero-order valence-electron chi connectivity index (χ0n) is 14.3. The fourth-order valence-corrected chi connectivity index (χ4v) is 2.98. The molecule has 1 saturated heterocycles. The Hall–Kier alpha value is -1.80. The van der Waals surface area contributed by atoms with Crippen molar-refractivity contribution in [3.8, 4) is 0 Å². The van der Waals surface area contributed by atoms with Gasteiger partial charge in [0.2, 0.25) is 0 Å². The lowest BCUT2D eigenvalue weighted by atomic mass is 10.1. The minimum Gasteiger partial charge on any atom is -0.394 e. The highest BCUT2D eigenvalue weighted by Gasteiger charge is 2.48. The molecule has 1 aliphatic heterocycles. The van der Waals surface area contributed by atoms with Crippen molar-refractivity contribution >= 4 is 0 Å². The quantitative estimate of drug-likeness (QED) is 0.656. The Bertz CT molecular complexity index is 650. The molecule has 3 rings (SSSR count). The van der Waals surface area contributed by atoms with Crippen LogP contribution in [-0.4, -0.2) is 52.6 Å². The van der Waals surface area contributed by atoms with Crippen LogP contribution in [0.1, 0.15) is 11.1 Å². The van der Waals surface area contributed by atoms with Crippen LogP contribution in [0.15, 0.2) is 60.7 Å². The molecule has 0 unspecified atom stereocenters. The summed E-state index contributed by atoms with van der Waals surface area (Å²) in [5.74, 6) is 0. The standard InChI is InChI=1S/C20H24O6/c21-11-16(22)17-18(24-12-14-7-3-1-4-8-14)19(20(23)26-17)25-13-15-9-5-2-6-10-15/h1-10,16-23H,11-13H2/t16-,17-,18+,19-,20-/m1/s1. The maximum atomic E-state index is 10.2. The summed E-state index contributed by atoms with van der Waals surface area (Å²) in [4.78, 5) is 0. The molecule has 0 amide bonds. The first-order valence-electron chi connectivity index (χ1n) is 8.62. The lowest BCUT2D eigenvalue weighted by Crippen LogP contribution is -2.43. The van der Waals surface area contributed by atoms with E-state index in [1.807, 2.05) is 60.7 Å². The lowest BCUT2D eigenvalue weighted by molar-refractivity contribution is -0.160. The SMILES string of the molecule is OC[C@@H](O)[C@H]1O[C@@H](O)[C@H](OCc2ccccc2)[C@H]1OCc1ccccc1. The maximum Gasteiger partial charge on any atom is 0.184 e. The van der Waals surface area contributed by atoms with E-state index >= 15 is 0 Å². The van der Waals surface area contributed by atoms with E-state index in [9.17, 15) is 15.3 Å². The fourth-order valence-electron chi connectivity index (χ4n) is 2.98. The van der Waals surface area contributed by atoms with Crippen molar-refractivity contribution in [2.24, 2.45) is 0 Å². The molecular weight excluding hydrogens is 336 g/mol. The topological polar surface area (TPSA) is 88.4 Å². The smallest absolute Gasteiger partial charge is 0.184 e. The van der Waals surface area contributed by atoms with Gasteiger partial charge in [0.05, 0.1) is 19.8 Å².